The molecule has 118 valence electrons. The number of nitrogens with zero attached hydrogens (tertiary/aromatic N) is 1. The average molecular weight is 353 g/mol. The zero-order valence-electron chi connectivity index (χ0n) is 11.4. The van der Waals surface area contributed by atoms with Crippen LogP contribution in [0.5, 0.6) is 0 Å². The van der Waals surface area contributed by atoms with E-state index in [4.69, 9.17) is 16.7 Å². The minimum Gasteiger partial charge on any atom is -0.465 e. The van der Waals surface area contributed by atoms with E-state index < -0.39 is 16.3 Å². The lowest BCUT2D eigenvalue weighted by atomic mass is 10.2. The van der Waals surface area contributed by atoms with Crippen molar-refractivity contribution < 1.29 is 19.6 Å². The number of benzene rings is 2. The Hall–Kier alpha value is -2.58. The SMILES string of the molecule is O=C(O)Nc1ccc(Sc2ccc(C(=O)Cl)cc2[N+](=O)[O-])cc1. The molecule has 0 aliphatic carbocycles. The molecule has 0 radical (unpaired) electrons. The third-order valence-electron chi connectivity index (χ3n) is 2.72. The molecule has 0 bridgehead atoms. The highest BCUT2D eigenvalue weighted by molar-refractivity contribution is 7.99. The molecule has 0 aromatic heterocycles. The van der Waals surface area contributed by atoms with Crippen molar-refractivity contribution in [3.63, 3.8) is 0 Å². The summed E-state index contributed by atoms with van der Waals surface area (Å²) in [5, 5.41) is 21.2. The van der Waals surface area contributed by atoms with Crippen LogP contribution in [-0.2, 0) is 0 Å². The van der Waals surface area contributed by atoms with Gasteiger partial charge in [-0.3, -0.25) is 20.2 Å². The van der Waals surface area contributed by atoms with Gasteiger partial charge in [0.1, 0.15) is 0 Å². The van der Waals surface area contributed by atoms with E-state index in [1.165, 1.54) is 12.1 Å². The van der Waals surface area contributed by atoms with Crippen molar-refractivity contribution in [3.8, 4) is 0 Å². The molecule has 2 N–H and O–H groups in total. The van der Waals surface area contributed by atoms with Crippen LogP contribution in [0.1, 0.15) is 10.4 Å². The number of anilines is 1. The molecule has 1 amide bonds. The molecule has 23 heavy (non-hydrogen) atoms. The molecule has 0 spiro atoms. The molecule has 2 rings (SSSR count). The molecule has 0 atom stereocenters. The Balaban J connectivity index is 2.27. The number of nitrogens with one attached hydrogen (secondary N) is 1. The summed E-state index contributed by atoms with van der Waals surface area (Å²) in [6.07, 6.45) is -1.18. The summed E-state index contributed by atoms with van der Waals surface area (Å²) in [5.74, 6) is 0. The van der Waals surface area contributed by atoms with E-state index in [2.05, 4.69) is 5.32 Å². The number of carboxylic acid groups (broad SMARTS) is 1. The van der Waals surface area contributed by atoms with Gasteiger partial charge in [0.15, 0.2) is 0 Å². The zero-order chi connectivity index (χ0) is 17.0. The van der Waals surface area contributed by atoms with Gasteiger partial charge in [0.05, 0.1) is 9.82 Å². The van der Waals surface area contributed by atoms with Crippen LogP contribution in [0.25, 0.3) is 0 Å². The van der Waals surface area contributed by atoms with Gasteiger partial charge in [-0.15, -0.1) is 0 Å². The third-order valence-corrected chi connectivity index (χ3v) is 4.01. The Bertz CT molecular complexity index is 779. The van der Waals surface area contributed by atoms with Gasteiger partial charge >= 0.3 is 6.09 Å². The minimum absolute atomic E-state index is 0.0451. The van der Waals surface area contributed by atoms with Crippen molar-refractivity contribution >= 4 is 46.1 Å². The van der Waals surface area contributed by atoms with Gasteiger partial charge in [-0.2, -0.15) is 0 Å². The largest absolute Gasteiger partial charge is 0.465 e. The maximum atomic E-state index is 11.1. The van der Waals surface area contributed by atoms with Gasteiger partial charge in [0, 0.05) is 22.2 Å². The number of hydrogen-bond donors (Lipinski definition) is 2. The van der Waals surface area contributed by atoms with Crippen LogP contribution in [0.4, 0.5) is 16.2 Å². The lowest BCUT2D eigenvalue weighted by Gasteiger charge is -2.05. The molecule has 0 unspecified atom stereocenters. The maximum Gasteiger partial charge on any atom is 0.409 e. The molecule has 0 aliphatic rings. The van der Waals surface area contributed by atoms with Crippen LogP contribution >= 0.6 is 23.4 Å². The fourth-order valence-electron chi connectivity index (χ4n) is 1.73. The van der Waals surface area contributed by atoms with E-state index in [1.54, 1.807) is 24.3 Å². The Labute approximate surface area is 139 Å². The van der Waals surface area contributed by atoms with Gasteiger partial charge in [-0.25, -0.2) is 4.79 Å². The van der Waals surface area contributed by atoms with Crippen molar-refractivity contribution in [3.05, 3.63) is 58.1 Å². The van der Waals surface area contributed by atoms with E-state index in [0.717, 1.165) is 17.8 Å². The van der Waals surface area contributed by atoms with Crippen LogP contribution in [0, 0.1) is 10.1 Å². The Morgan fingerprint density at radius 3 is 2.35 bits per heavy atom. The highest BCUT2D eigenvalue weighted by atomic mass is 35.5. The molecule has 2 aromatic carbocycles. The number of hydrogen-bond acceptors (Lipinski definition) is 5. The van der Waals surface area contributed by atoms with Crippen molar-refractivity contribution in [1.82, 2.24) is 0 Å². The predicted molar refractivity (Wildman–Crippen MR) is 85.5 cm³/mol. The average Bonchev–Trinajstić information content (AvgIpc) is 2.48. The summed E-state index contributed by atoms with van der Waals surface area (Å²) in [4.78, 5) is 33.2. The summed E-state index contributed by atoms with van der Waals surface area (Å²) < 4.78 is 0. The van der Waals surface area contributed by atoms with Crippen molar-refractivity contribution in [2.75, 3.05) is 5.32 Å². The van der Waals surface area contributed by atoms with Crippen LogP contribution in [-0.4, -0.2) is 21.4 Å². The van der Waals surface area contributed by atoms with E-state index in [1.807, 2.05) is 0 Å². The first-order chi connectivity index (χ1) is 10.9. The normalized spacial score (nSPS) is 10.1. The Morgan fingerprint density at radius 2 is 1.83 bits per heavy atom. The van der Waals surface area contributed by atoms with Crippen molar-refractivity contribution in [1.29, 1.82) is 0 Å². The first kappa shape index (κ1) is 16.8. The fraction of sp³-hybridized carbons (Fsp3) is 0. The Morgan fingerprint density at radius 1 is 1.17 bits per heavy atom. The van der Waals surface area contributed by atoms with Gasteiger partial charge in [0.25, 0.3) is 10.9 Å². The maximum absolute atomic E-state index is 11.1. The monoisotopic (exact) mass is 352 g/mol. The van der Waals surface area contributed by atoms with Gasteiger partial charge in [0.2, 0.25) is 0 Å². The molecule has 7 nitrogen and oxygen atoms in total. The van der Waals surface area contributed by atoms with Crippen molar-refractivity contribution in [2.45, 2.75) is 9.79 Å². The third kappa shape index (κ3) is 4.44. The van der Waals surface area contributed by atoms with Gasteiger partial charge in [-0.05, 0) is 48.0 Å². The lowest BCUT2D eigenvalue weighted by Crippen LogP contribution is -2.06. The quantitative estimate of drug-likeness (QED) is 0.473. The summed E-state index contributed by atoms with van der Waals surface area (Å²) >= 11 is 6.45. The van der Waals surface area contributed by atoms with Gasteiger partial charge in [-0.1, -0.05) is 11.8 Å². The van der Waals surface area contributed by atoms with Crippen LogP contribution in [0.2, 0.25) is 0 Å². The number of halogens is 1. The summed E-state index contributed by atoms with van der Waals surface area (Å²) in [6.45, 7) is 0. The Kier molecular flexibility index (Phi) is 5.20. The number of nitro groups is 1. The molecular formula is C14H9ClN2O5S. The topological polar surface area (TPSA) is 110 Å². The molecular weight excluding hydrogens is 344 g/mol. The number of nitro benzene ring substituents is 1. The van der Waals surface area contributed by atoms with E-state index in [-0.39, 0.29) is 11.3 Å². The lowest BCUT2D eigenvalue weighted by molar-refractivity contribution is -0.387. The summed E-state index contributed by atoms with van der Waals surface area (Å²) in [6, 6.07) is 10.3. The molecule has 0 heterocycles. The smallest absolute Gasteiger partial charge is 0.409 e. The standard InChI is InChI=1S/C14H9ClN2O5S/c15-13(18)8-1-6-12(11(7-8)17(21)22)23-10-4-2-9(3-5-10)16-14(19)20/h1-7,16H,(H,19,20). The first-order valence-electron chi connectivity index (χ1n) is 6.13. The zero-order valence-corrected chi connectivity index (χ0v) is 12.9. The van der Waals surface area contributed by atoms with Crippen molar-refractivity contribution in [2.24, 2.45) is 0 Å². The molecule has 0 aliphatic heterocycles. The highest BCUT2D eigenvalue weighted by Crippen LogP contribution is 2.36. The first-order valence-corrected chi connectivity index (χ1v) is 7.32. The molecule has 9 heteroatoms. The molecule has 2 aromatic rings. The van der Waals surface area contributed by atoms with Crippen LogP contribution in [0.15, 0.2) is 52.3 Å². The number of carbonyl (C=O) groups is 2. The second-order valence-corrected chi connectivity index (χ2v) is 5.73. The minimum atomic E-state index is -1.18. The predicted octanol–water partition coefficient (Wildman–Crippen LogP) is 4.21. The summed E-state index contributed by atoms with van der Waals surface area (Å²) in [7, 11) is 0. The van der Waals surface area contributed by atoms with Crippen LogP contribution < -0.4 is 5.32 Å². The molecule has 0 fully saturated rings. The second kappa shape index (κ2) is 7.12. The second-order valence-electron chi connectivity index (χ2n) is 4.27. The number of carbonyl (C=O) groups excluding carboxylic acids is 1. The van der Waals surface area contributed by atoms with Crippen LogP contribution in [0.3, 0.4) is 0 Å². The van der Waals surface area contributed by atoms with E-state index in [0.29, 0.717) is 15.5 Å². The molecule has 0 saturated carbocycles. The molecule has 0 saturated heterocycles. The summed E-state index contributed by atoms with van der Waals surface area (Å²) in [5.41, 5.74) is 0.206. The number of rotatable bonds is 5. The highest BCUT2D eigenvalue weighted by Gasteiger charge is 2.17. The van der Waals surface area contributed by atoms with Gasteiger partial charge < -0.3 is 5.11 Å². The van der Waals surface area contributed by atoms with E-state index in [9.17, 15) is 19.7 Å². The number of amides is 1. The van der Waals surface area contributed by atoms with E-state index >= 15 is 0 Å². The fourth-order valence-corrected chi connectivity index (χ4v) is 2.74.